The Kier molecular flexibility index (Phi) is 4.10. The Morgan fingerprint density at radius 2 is 1.74 bits per heavy atom. The number of likely N-dealkylation sites (tertiary alicyclic amines) is 1. The molecular formula is C15H22N2O2. The molecule has 4 nitrogen and oxygen atoms in total. The number of benzene rings is 1. The van der Waals surface area contributed by atoms with E-state index in [1.807, 2.05) is 32.9 Å². The lowest BCUT2D eigenvalue weighted by atomic mass is 10.1. The fraction of sp³-hybridized carbons (Fsp3) is 0.533. The summed E-state index contributed by atoms with van der Waals surface area (Å²) in [5.41, 5.74) is 9.01. The van der Waals surface area contributed by atoms with Crippen molar-refractivity contribution in [1.82, 2.24) is 4.90 Å². The number of aryl methyl sites for hydroxylation is 3. The molecule has 1 fully saturated rings. The third-order valence-electron chi connectivity index (χ3n) is 3.59. The van der Waals surface area contributed by atoms with E-state index in [4.69, 9.17) is 10.5 Å². The number of rotatable bonds is 1. The molecule has 0 unspecified atom stereocenters. The number of amides is 1. The van der Waals surface area contributed by atoms with Crippen molar-refractivity contribution in [3.05, 3.63) is 28.8 Å². The molecule has 0 spiro atoms. The summed E-state index contributed by atoms with van der Waals surface area (Å²) in [6.07, 6.45) is 1.43. The fourth-order valence-electron chi connectivity index (χ4n) is 2.56. The largest absolute Gasteiger partial charge is 0.415 e. The predicted molar refractivity (Wildman–Crippen MR) is 75.5 cm³/mol. The van der Waals surface area contributed by atoms with Gasteiger partial charge in [0.05, 0.1) is 0 Å². The van der Waals surface area contributed by atoms with Crippen molar-refractivity contribution in [3.8, 4) is 5.75 Å². The van der Waals surface area contributed by atoms with Crippen LogP contribution in [0.15, 0.2) is 12.1 Å². The summed E-state index contributed by atoms with van der Waals surface area (Å²) in [6, 6.07) is 4.27. The smallest absolute Gasteiger partial charge is 0.410 e. The molecule has 1 aliphatic rings. The van der Waals surface area contributed by atoms with Gasteiger partial charge in [0.15, 0.2) is 0 Å². The average Bonchev–Trinajstić information content (AvgIpc) is 2.34. The Morgan fingerprint density at radius 3 is 2.26 bits per heavy atom. The van der Waals surface area contributed by atoms with Gasteiger partial charge in [0.2, 0.25) is 0 Å². The molecule has 0 radical (unpaired) electrons. The van der Waals surface area contributed by atoms with Crippen molar-refractivity contribution in [2.45, 2.75) is 39.7 Å². The molecule has 4 heteroatoms. The van der Waals surface area contributed by atoms with Crippen LogP contribution < -0.4 is 10.5 Å². The quantitative estimate of drug-likeness (QED) is 0.846. The van der Waals surface area contributed by atoms with Gasteiger partial charge in [-0.25, -0.2) is 4.79 Å². The zero-order valence-corrected chi connectivity index (χ0v) is 11.9. The van der Waals surface area contributed by atoms with Crippen molar-refractivity contribution >= 4 is 6.09 Å². The van der Waals surface area contributed by atoms with Crippen LogP contribution in [0.25, 0.3) is 0 Å². The van der Waals surface area contributed by atoms with E-state index in [0.717, 1.165) is 24.0 Å². The van der Waals surface area contributed by atoms with Crippen LogP contribution in [0.5, 0.6) is 5.75 Å². The van der Waals surface area contributed by atoms with Crippen molar-refractivity contribution < 1.29 is 9.53 Å². The lowest BCUT2D eigenvalue weighted by Gasteiger charge is -2.29. The molecule has 1 aromatic rings. The molecule has 1 aliphatic heterocycles. The molecule has 0 atom stereocenters. The topological polar surface area (TPSA) is 55.6 Å². The average molecular weight is 262 g/mol. The molecule has 0 bridgehead atoms. The number of carbonyl (C=O) groups excluding carboxylic acids is 1. The Hall–Kier alpha value is -1.55. The highest BCUT2D eigenvalue weighted by molar-refractivity contribution is 5.72. The Labute approximate surface area is 114 Å². The van der Waals surface area contributed by atoms with Gasteiger partial charge in [-0.15, -0.1) is 0 Å². The van der Waals surface area contributed by atoms with Crippen LogP contribution in [0, 0.1) is 20.8 Å². The minimum absolute atomic E-state index is 0.215. The number of ether oxygens (including phenoxy) is 1. The molecule has 2 rings (SSSR count). The van der Waals surface area contributed by atoms with Crippen LogP contribution in [-0.4, -0.2) is 30.1 Å². The first-order valence-electron chi connectivity index (χ1n) is 6.77. The van der Waals surface area contributed by atoms with Crippen LogP contribution >= 0.6 is 0 Å². The molecular weight excluding hydrogens is 240 g/mol. The second-order valence-electron chi connectivity index (χ2n) is 5.42. The first-order valence-corrected chi connectivity index (χ1v) is 6.77. The highest BCUT2D eigenvalue weighted by Crippen LogP contribution is 2.25. The van der Waals surface area contributed by atoms with Crippen LogP contribution in [0.2, 0.25) is 0 Å². The van der Waals surface area contributed by atoms with Crippen LogP contribution in [0.1, 0.15) is 29.5 Å². The summed E-state index contributed by atoms with van der Waals surface area (Å²) < 4.78 is 5.55. The van der Waals surface area contributed by atoms with Crippen LogP contribution in [0.3, 0.4) is 0 Å². The second-order valence-corrected chi connectivity index (χ2v) is 5.42. The minimum atomic E-state index is -0.262. The van der Waals surface area contributed by atoms with Gasteiger partial charge in [0.25, 0.3) is 0 Å². The molecule has 1 amide bonds. The Morgan fingerprint density at radius 1 is 1.21 bits per heavy atom. The zero-order valence-electron chi connectivity index (χ0n) is 11.9. The van der Waals surface area contributed by atoms with Gasteiger partial charge in [0.1, 0.15) is 5.75 Å². The summed E-state index contributed by atoms with van der Waals surface area (Å²) in [5.74, 6) is 0.686. The first kappa shape index (κ1) is 13.9. The van der Waals surface area contributed by atoms with E-state index in [0.29, 0.717) is 18.8 Å². The van der Waals surface area contributed by atoms with Gasteiger partial charge in [0, 0.05) is 19.1 Å². The molecule has 2 N–H and O–H groups in total. The number of hydrogen-bond acceptors (Lipinski definition) is 3. The van der Waals surface area contributed by atoms with Crippen LogP contribution in [-0.2, 0) is 0 Å². The van der Waals surface area contributed by atoms with E-state index >= 15 is 0 Å². The fourth-order valence-corrected chi connectivity index (χ4v) is 2.56. The van der Waals surface area contributed by atoms with Gasteiger partial charge in [-0.1, -0.05) is 17.7 Å². The summed E-state index contributed by atoms with van der Waals surface area (Å²) in [7, 11) is 0. The summed E-state index contributed by atoms with van der Waals surface area (Å²) in [5, 5.41) is 0. The zero-order chi connectivity index (χ0) is 14.0. The van der Waals surface area contributed by atoms with Crippen LogP contribution in [0.4, 0.5) is 4.79 Å². The maximum atomic E-state index is 12.1. The van der Waals surface area contributed by atoms with Crippen molar-refractivity contribution in [1.29, 1.82) is 0 Å². The van der Waals surface area contributed by atoms with Gasteiger partial charge < -0.3 is 15.4 Å². The lowest BCUT2D eigenvalue weighted by molar-refractivity contribution is 0.138. The normalized spacial score (nSPS) is 16.5. The monoisotopic (exact) mass is 262 g/mol. The molecule has 1 saturated heterocycles. The van der Waals surface area contributed by atoms with Crippen molar-refractivity contribution in [3.63, 3.8) is 0 Å². The maximum absolute atomic E-state index is 12.1. The molecule has 19 heavy (non-hydrogen) atoms. The Bertz CT molecular complexity index is 454. The second kappa shape index (κ2) is 5.61. The van der Waals surface area contributed by atoms with E-state index < -0.39 is 0 Å². The third kappa shape index (κ3) is 3.26. The highest BCUT2D eigenvalue weighted by Gasteiger charge is 2.23. The summed E-state index contributed by atoms with van der Waals surface area (Å²) >= 11 is 0. The predicted octanol–water partition coefficient (Wildman–Crippen LogP) is 2.53. The molecule has 1 heterocycles. The van der Waals surface area contributed by atoms with E-state index in [1.54, 1.807) is 4.90 Å². The molecule has 1 aromatic carbocycles. The summed E-state index contributed by atoms with van der Waals surface area (Å²) in [6.45, 7) is 7.34. The first-order chi connectivity index (χ1) is 8.97. The van der Waals surface area contributed by atoms with E-state index in [1.165, 1.54) is 5.56 Å². The van der Waals surface area contributed by atoms with Gasteiger partial charge in [-0.2, -0.15) is 0 Å². The number of piperidine rings is 1. The van der Waals surface area contributed by atoms with Crippen molar-refractivity contribution in [2.75, 3.05) is 13.1 Å². The molecule has 0 saturated carbocycles. The van der Waals surface area contributed by atoms with Gasteiger partial charge >= 0.3 is 6.09 Å². The van der Waals surface area contributed by atoms with Gasteiger partial charge in [-0.3, -0.25) is 0 Å². The molecule has 0 aromatic heterocycles. The lowest BCUT2D eigenvalue weighted by Crippen LogP contribution is -2.44. The Balaban J connectivity index is 2.07. The summed E-state index contributed by atoms with van der Waals surface area (Å²) in [4.78, 5) is 13.9. The maximum Gasteiger partial charge on any atom is 0.415 e. The molecule has 104 valence electrons. The van der Waals surface area contributed by atoms with Crippen molar-refractivity contribution in [2.24, 2.45) is 5.73 Å². The number of hydrogen-bond donors (Lipinski definition) is 1. The third-order valence-corrected chi connectivity index (χ3v) is 3.59. The minimum Gasteiger partial charge on any atom is -0.410 e. The van der Waals surface area contributed by atoms with E-state index in [2.05, 4.69) is 0 Å². The number of carbonyl (C=O) groups is 1. The van der Waals surface area contributed by atoms with E-state index in [-0.39, 0.29) is 12.1 Å². The van der Waals surface area contributed by atoms with E-state index in [9.17, 15) is 4.79 Å². The number of nitrogens with zero attached hydrogens (tertiary/aromatic N) is 1. The van der Waals surface area contributed by atoms with Gasteiger partial charge in [-0.05, 0) is 44.7 Å². The number of nitrogens with two attached hydrogens (primary N) is 1. The molecule has 0 aliphatic carbocycles. The SMILES string of the molecule is Cc1cc(C)c(OC(=O)N2CCC(N)CC2)c(C)c1. The highest BCUT2D eigenvalue weighted by atomic mass is 16.6. The standard InChI is InChI=1S/C15H22N2O2/c1-10-8-11(2)14(12(3)9-10)19-15(18)17-6-4-13(16)5-7-17/h8-9,13H,4-7,16H2,1-3H3.